The Morgan fingerprint density at radius 2 is 1.70 bits per heavy atom. The van der Waals surface area contributed by atoms with Crippen LogP contribution in [-0.4, -0.2) is 40.8 Å². The summed E-state index contributed by atoms with van der Waals surface area (Å²) < 4.78 is 107. The molecule has 0 spiro atoms. The molecule has 0 radical (unpaired) electrons. The molecule has 2 heterocycles. The Labute approximate surface area is 207 Å². The zero-order valence-electron chi connectivity index (χ0n) is 18.1. The number of benzene rings is 2. The van der Waals surface area contributed by atoms with E-state index < -0.39 is 47.2 Å². The highest BCUT2D eigenvalue weighted by atomic mass is 32.1. The van der Waals surface area contributed by atoms with E-state index in [1.807, 2.05) is 0 Å². The van der Waals surface area contributed by atoms with Gasteiger partial charge in [0, 0.05) is 16.8 Å². The van der Waals surface area contributed by atoms with Crippen LogP contribution in [0.3, 0.4) is 0 Å². The number of carbonyl (C=O) groups excluding carboxylic acids is 1. The molecule has 1 N–H and O–H groups in total. The van der Waals surface area contributed by atoms with Crippen molar-refractivity contribution in [3.63, 3.8) is 0 Å². The number of hydrogen-bond donors (Lipinski definition) is 1. The number of ether oxygens (including phenoxy) is 1. The van der Waals surface area contributed by atoms with E-state index in [-0.39, 0.29) is 22.8 Å². The molecule has 0 saturated carbocycles. The third kappa shape index (κ3) is 5.98. The maximum absolute atomic E-state index is 13.4. The van der Waals surface area contributed by atoms with Gasteiger partial charge in [-0.05, 0) is 42.0 Å². The number of nitrogens with zero attached hydrogens (tertiary/aromatic N) is 3. The lowest BCUT2D eigenvalue weighted by molar-refractivity contribution is -0.253. The van der Waals surface area contributed by atoms with Crippen LogP contribution in [0.25, 0.3) is 0 Å². The lowest BCUT2D eigenvalue weighted by Crippen LogP contribution is -2.33. The molecule has 1 aliphatic rings. The van der Waals surface area contributed by atoms with Crippen LogP contribution in [-0.2, 0) is 6.18 Å². The van der Waals surface area contributed by atoms with Crippen LogP contribution in [0.15, 0.2) is 59.8 Å². The van der Waals surface area contributed by atoms with Gasteiger partial charge >= 0.3 is 24.7 Å². The van der Waals surface area contributed by atoms with Gasteiger partial charge < -0.3 is 10.1 Å². The van der Waals surface area contributed by atoms with Gasteiger partial charge in [-0.1, -0.05) is 12.1 Å². The third-order valence-electron chi connectivity index (χ3n) is 5.01. The fourth-order valence-corrected chi connectivity index (χ4v) is 4.19. The minimum absolute atomic E-state index is 0.0665. The fourth-order valence-electron chi connectivity index (χ4n) is 3.31. The predicted octanol–water partition coefficient (Wildman–Crippen LogP) is 6.57. The van der Waals surface area contributed by atoms with E-state index in [4.69, 9.17) is 0 Å². The molecule has 1 aliphatic heterocycles. The minimum atomic E-state index is -4.70. The summed E-state index contributed by atoms with van der Waals surface area (Å²) in [5.74, 6) is -1.94. The molecule has 2 aromatic carbocycles. The van der Waals surface area contributed by atoms with E-state index in [0.717, 1.165) is 47.6 Å². The minimum Gasteiger partial charge on any atom is -0.428 e. The van der Waals surface area contributed by atoms with E-state index in [0.29, 0.717) is 16.9 Å². The summed E-state index contributed by atoms with van der Waals surface area (Å²) in [6.45, 7) is -0.181. The van der Waals surface area contributed by atoms with Crippen molar-refractivity contribution in [3.05, 3.63) is 76.0 Å². The number of halogens is 8. The monoisotopic (exact) mass is 550 g/mol. The number of rotatable bonds is 6. The Morgan fingerprint density at radius 1 is 1.05 bits per heavy atom. The molecule has 37 heavy (non-hydrogen) atoms. The van der Waals surface area contributed by atoms with Crippen molar-refractivity contribution in [3.8, 4) is 5.75 Å². The Bertz CT molecular complexity index is 1290. The van der Waals surface area contributed by atoms with E-state index in [9.17, 15) is 39.9 Å². The number of hydrogen-bond acceptors (Lipinski definition) is 5. The van der Waals surface area contributed by atoms with E-state index in [1.54, 1.807) is 0 Å². The molecule has 196 valence electrons. The Hall–Kier alpha value is -3.75. The van der Waals surface area contributed by atoms with Crippen molar-refractivity contribution in [2.24, 2.45) is 5.10 Å². The second-order valence-corrected chi connectivity index (χ2v) is 8.67. The number of carbonyl (C=O) groups is 1. The van der Waals surface area contributed by atoms with E-state index in [1.165, 1.54) is 12.1 Å². The molecule has 1 atom stereocenters. The van der Waals surface area contributed by atoms with Crippen LogP contribution in [0.4, 0.5) is 45.6 Å². The summed E-state index contributed by atoms with van der Waals surface area (Å²) in [4.78, 5) is 16.4. The number of amides is 2. The van der Waals surface area contributed by atoms with Crippen molar-refractivity contribution in [1.82, 2.24) is 9.99 Å². The average Bonchev–Trinajstić information content (AvgIpc) is 3.48. The number of aromatic nitrogens is 1. The largest absolute Gasteiger partial charge is 0.461 e. The summed E-state index contributed by atoms with van der Waals surface area (Å²) in [7, 11) is 0. The van der Waals surface area contributed by atoms with Crippen molar-refractivity contribution < 1.29 is 44.7 Å². The standard InChI is InChI=1S/C22H14F8N4O2S/c23-12-3-1-11(2-4-12)17-15(16-9-31-19(37-16)21(26,27)28)10-34(33-17)20(35)32-13-5-7-14(8-6-13)36-22(29,30)18(24)25/h1-9,15,18H,10H2,(H,32,35). The first-order valence-corrected chi connectivity index (χ1v) is 11.1. The van der Waals surface area contributed by atoms with Gasteiger partial charge in [-0.2, -0.15) is 35.8 Å². The molecule has 0 aliphatic carbocycles. The molecule has 0 bridgehead atoms. The van der Waals surface area contributed by atoms with Gasteiger partial charge in [0.05, 0.1) is 18.2 Å². The highest BCUT2D eigenvalue weighted by Gasteiger charge is 2.44. The molecular formula is C22H14F8N4O2S. The molecule has 1 unspecified atom stereocenters. The summed E-state index contributed by atoms with van der Waals surface area (Å²) in [6.07, 6.45) is -12.4. The molecule has 2 amide bonds. The molecule has 3 aromatic rings. The quantitative estimate of drug-likeness (QED) is 0.353. The number of anilines is 1. The molecule has 15 heteroatoms. The number of nitrogens with one attached hydrogen (secondary N) is 1. The summed E-state index contributed by atoms with van der Waals surface area (Å²) in [5.41, 5.74) is 0.632. The topological polar surface area (TPSA) is 66.8 Å². The Morgan fingerprint density at radius 3 is 2.27 bits per heavy atom. The van der Waals surface area contributed by atoms with Gasteiger partial charge in [0.25, 0.3) is 0 Å². The highest BCUT2D eigenvalue weighted by molar-refractivity contribution is 7.12. The van der Waals surface area contributed by atoms with Crippen LogP contribution in [0.5, 0.6) is 5.75 Å². The lowest BCUT2D eigenvalue weighted by atomic mass is 9.96. The van der Waals surface area contributed by atoms with Crippen LogP contribution in [0, 0.1) is 5.82 Å². The Kier molecular flexibility index (Phi) is 7.08. The van der Waals surface area contributed by atoms with E-state index in [2.05, 4.69) is 20.1 Å². The molecule has 0 fully saturated rings. The van der Waals surface area contributed by atoms with Gasteiger partial charge in [0.1, 0.15) is 11.6 Å². The average molecular weight is 550 g/mol. The molecule has 4 rings (SSSR count). The van der Waals surface area contributed by atoms with Gasteiger partial charge in [0.2, 0.25) is 0 Å². The smallest absolute Gasteiger partial charge is 0.428 e. The van der Waals surface area contributed by atoms with Crippen LogP contribution in [0.1, 0.15) is 21.4 Å². The van der Waals surface area contributed by atoms with Crippen LogP contribution in [0.2, 0.25) is 0 Å². The summed E-state index contributed by atoms with van der Waals surface area (Å²) >= 11 is 0.386. The maximum Gasteiger partial charge on any atom is 0.461 e. The first-order chi connectivity index (χ1) is 17.3. The van der Waals surface area contributed by atoms with Gasteiger partial charge in [-0.15, -0.1) is 11.3 Å². The molecule has 1 aromatic heterocycles. The summed E-state index contributed by atoms with van der Waals surface area (Å²) in [6, 6.07) is 8.26. The predicted molar refractivity (Wildman–Crippen MR) is 117 cm³/mol. The second-order valence-electron chi connectivity index (χ2n) is 7.61. The molecule has 6 nitrogen and oxygen atoms in total. The Balaban J connectivity index is 1.54. The van der Waals surface area contributed by atoms with Gasteiger partial charge in [0.15, 0.2) is 5.01 Å². The normalized spacial score (nSPS) is 16.2. The van der Waals surface area contributed by atoms with Gasteiger partial charge in [-0.3, -0.25) is 0 Å². The van der Waals surface area contributed by atoms with Crippen molar-refractivity contribution in [2.75, 3.05) is 11.9 Å². The molecular weight excluding hydrogens is 536 g/mol. The number of thiazole rings is 1. The van der Waals surface area contributed by atoms with Crippen LogP contribution < -0.4 is 10.1 Å². The zero-order valence-corrected chi connectivity index (χ0v) is 19.0. The zero-order chi connectivity index (χ0) is 27.0. The maximum atomic E-state index is 13.4. The highest BCUT2D eigenvalue weighted by Crippen LogP contribution is 2.38. The van der Waals surface area contributed by atoms with Crippen molar-refractivity contribution in [1.29, 1.82) is 0 Å². The van der Waals surface area contributed by atoms with Crippen molar-refractivity contribution >= 4 is 28.8 Å². The first kappa shape index (κ1) is 26.3. The third-order valence-corrected chi connectivity index (χ3v) is 6.17. The van der Waals surface area contributed by atoms with Crippen molar-refractivity contribution in [2.45, 2.75) is 24.6 Å². The van der Waals surface area contributed by atoms with Crippen LogP contribution >= 0.6 is 11.3 Å². The number of alkyl halides is 7. The SMILES string of the molecule is O=C(Nc1ccc(OC(F)(F)C(F)F)cc1)N1CC(c2cnc(C(F)(F)F)s2)C(c2ccc(F)cc2)=N1. The summed E-state index contributed by atoms with van der Waals surface area (Å²) in [5, 5.41) is 6.48. The first-order valence-electron chi connectivity index (χ1n) is 10.2. The van der Waals surface area contributed by atoms with E-state index >= 15 is 0 Å². The number of hydrazone groups is 1. The number of urea groups is 1. The molecule has 0 saturated heterocycles. The fraction of sp³-hybridized carbons (Fsp3) is 0.227. The lowest BCUT2D eigenvalue weighted by Gasteiger charge is -2.17. The van der Waals surface area contributed by atoms with Gasteiger partial charge in [-0.25, -0.2) is 19.2 Å². The second kappa shape index (κ2) is 9.95.